The van der Waals surface area contributed by atoms with Gasteiger partial charge in [0.2, 0.25) is 5.91 Å². The van der Waals surface area contributed by atoms with Gasteiger partial charge < -0.3 is 25.2 Å². The van der Waals surface area contributed by atoms with Crippen molar-refractivity contribution in [2.24, 2.45) is 17.6 Å². The number of aliphatic hydroxyl groups excluding tert-OH is 1. The van der Waals surface area contributed by atoms with Crippen LogP contribution in [0.5, 0.6) is 0 Å². The van der Waals surface area contributed by atoms with Crippen LogP contribution in [0.4, 0.5) is 0 Å². The molecule has 3 N–H and O–H groups in total. The molecule has 0 spiro atoms. The summed E-state index contributed by atoms with van der Waals surface area (Å²) in [4.78, 5) is 15.3. The number of aliphatic hydroxyl groups is 1. The zero-order valence-corrected chi connectivity index (χ0v) is 19.0. The lowest BCUT2D eigenvalue weighted by Crippen LogP contribution is -2.45. The fourth-order valence-electron chi connectivity index (χ4n) is 4.35. The van der Waals surface area contributed by atoms with Crippen LogP contribution in [0.25, 0.3) is 0 Å². The van der Waals surface area contributed by atoms with Gasteiger partial charge in [0, 0.05) is 19.6 Å². The molecule has 1 aliphatic carbocycles. The van der Waals surface area contributed by atoms with Gasteiger partial charge in [-0.3, -0.25) is 4.79 Å². The number of amides is 1. The Hall–Kier alpha value is -2.11. The average Bonchev–Trinajstić information content (AvgIpc) is 3.30. The standard InChI is InChI=1S/C23H31NO3.C2H7NO/c1-4-14-24(15-5-2)23(25)22-20-13-12-19(27-20)21(22)17(3)26-16-18-10-8-6-7-9-11-18;3-1-2-4/h6,8-11,19-22H,3-5,12-16H2,1-2H3;4H,1-3H2/t19-,20+,21?,22?;/m1./s1. The summed E-state index contributed by atoms with van der Waals surface area (Å²) < 4.78 is 12.1. The number of hydrogen-bond donors (Lipinski definition) is 2. The van der Waals surface area contributed by atoms with E-state index < -0.39 is 0 Å². The van der Waals surface area contributed by atoms with E-state index in [-0.39, 0.29) is 36.6 Å². The van der Waals surface area contributed by atoms with Gasteiger partial charge in [-0.2, -0.15) is 0 Å². The van der Waals surface area contributed by atoms with Gasteiger partial charge in [0.15, 0.2) is 0 Å². The highest BCUT2D eigenvalue weighted by Crippen LogP contribution is 2.47. The number of carbonyl (C=O) groups excluding carboxylic acids is 1. The fourth-order valence-corrected chi connectivity index (χ4v) is 4.35. The van der Waals surface area contributed by atoms with Gasteiger partial charge in [-0.25, -0.2) is 0 Å². The van der Waals surface area contributed by atoms with Crippen molar-refractivity contribution in [3.8, 4) is 0 Å². The summed E-state index contributed by atoms with van der Waals surface area (Å²) in [6.07, 6.45) is 13.6. The summed E-state index contributed by atoms with van der Waals surface area (Å²) in [5.41, 5.74) is 8.87. The molecule has 6 nitrogen and oxygen atoms in total. The van der Waals surface area contributed by atoms with Crippen molar-refractivity contribution in [1.29, 1.82) is 0 Å². The van der Waals surface area contributed by atoms with E-state index in [9.17, 15) is 4.79 Å². The average molecular weight is 431 g/mol. The van der Waals surface area contributed by atoms with Gasteiger partial charge in [0.25, 0.3) is 0 Å². The fraction of sp³-hybridized carbons (Fsp3) is 0.600. The number of nitrogens with zero attached hydrogens (tertiary/aromatic N) is 1. The second-order valence-electron chi connectivity index (χ2n) is 8.04. The van der Waals surface area contributed by atoms with Crippen LogP contribution in [0.2, 0.25) is 0 Å². The molecule has 3 aliphatic rings. The van der Waals surface area contributed by atoms with Gasteiger partial charge in [0.1, 0.15) is 6.61 Å². The van der Waals surface area contributed by atoms with Crippen molar-refractivity contribution < 1.29 is 19.4 Å². The third-order valence-corrected chi connectivity index (χ3v) is 5.68. The minimum atomic E-state index is -0.158. The van der Waals surface area contributed by atoms with Gasteiger partial charge in [-0.1, -0.05) is 32.6 Å². The topological polar surface area (TPSA) is 85.0 Å². The summed E-state index contributed by atoms with van der Waals surface area (Å²) in [7, 11) is 0. The Morgan fingerprint density at radius 2 is 1.90 bits per heavy atom. The van der Waals surface area contributed by atoms with E-state index in [2.05, 4.69) is 26.2 Å². The number of ether oxygens (including phenoxy) is 2. The molecule has 2 unspecified atom stereocenters. The van der Waals surface area contributed by atoms with E-state index >= 15 is 0 Å². The first-order chi connectivity index (χ1) is 15.1. The molecule has 2 aliphatic heterocycles. The molecule has 0 aromatic carbocycles. The highest BCUT2D eigenvalue weighted by molar-refractivity contribution is 5.81. The third kappa shape index (κ3) is 6.94. The maximum Gasteiger partial charge on any atom is 0.229 e. The summed E-state index contributed by atoms with van der Waals surface area (Å²) in [5, 5.41) is 7.75. The minimum absolute atomic E-state index is 0.00758. The van der Waals surface area contributed by atoms with E-state index in [4.69, 9.17) is 20.3 Å². The number of allylic oxidation sites excluding steroid dienone is 3. The molecule has 0 saturated carbocycles. The number of rotatable bonds is 10. The van der Waals surface area contributed by atoms with Crippen LogP contribution in [0, 0.1) is 11.8 Å². The lowest BCUT2D eigenvalue weighted by Gasteiger charge is -2.33. The Morgan fingerprint density at radius 1 is 1.26 bits per heavy atom. The van der Waals surface area contributed by atoms with Crippen LogP contribution in [-0.2, 0) is 14.3 Å². The molecule has 0 radical (unpaired) electrons. The predicted molar refractivity (Wildman–Crippen MR) is 123 cm³/mol. The molecular weight excluding hydrogens is 392 g/mol. The molecule has 2 bridgehead atoms. The molecular formula is C25H38N2O4. The lowest BCUT2D eigenvalue weighted by molar-refractivity contribution is -0.138. The van der Waals surface area contributed by atoms with E-state index in [0.717, 1.165) is 44.3 Å². The summed E-state index contributed by atoms with van der Waals surface area (Å²) in [5.74, 6) is 0.691. The Kier molecular flexibility index (Phi) is 10.8. The van der Waals surface area contributed by atoms with Gasteiger partial charge in [-0.15, -0.1) is 5.73 Å². The van der Waals surface area contributed by atoms with Crippen molar-refractivity contribution in [2.45, 2.75) is 51.7 Å². The van der Waals surface area contributed by atoms with Crippen LogP contribution in [0.1, 0.15) is 39.5 Å². The van der Waals surface area contributed by atoms with E-state index in [0.29, 0.717) is 18.9 Å². The molecule has 172 valence electrons. The van der Waals surface area contributed by atoms with Crippen molar-refractivity contribution in [2.75, 3.05) is 32.8 Å². The number of nitrogens with two attached hydrogens (primary N) is 1. The van der Waals surface area contributed by atoms with Crippen LogP contribution in [0.3, 0.4) is 0 Å². The van der Waals surface area contributed by atoms with Gasteiger partial charge >= 0.3 is 0 Å². The highest BCUT2D eigenvalue weighted by atomic mass is 16.5. The maximum absolute atomic E-state index is 13.3. The van der Waals surface area contributed by atoms with E-state index in [1.54, 1.807) is 0 Å². The SMILES string of the molecule is C=C(OCC1=CC=C=CC=C1)C1C(C(=O)N(CCC)CCC)[C@@H]2CC[C@H]1O2.NCCO. The Balaban J connectivity index is 0.000000785. The van der Waals surface area contributed by atoms with Crippen molar-refractivity contribution in [3.63, 3.8) is 0 Å². The highest BCUT2D eigenvalue weighted by Gasteiger charge is 2.54. The normalized spacial score (nSPS) is 25.5. The van der Waals surface area contributed by atoms with E-state index in [1.165, 1.54) is 0 Å². The minimum Gasteiger partial charge on any atom is -0.493 e. The number of carbonyl (C=O) groups is 1. The Bertz CT molecular complexity index is 713. The molecule has 2 fully saturated rings. The second kappa shape index (κ2) is 13.3. The Morgan fingerprint density at radius 3 is 2.52 bits per heavy atom. The van der Waals surface area contributed by atoms with Crippen LogP contribution >= 0.6 is 0 Å². The first-order valence-corrected chi connectivity index (χ1v) is 11.4. The smallest absolute Gasteiger partial charge is 0.229 e. The van der Waals surface area contributed by atoms with Crippen LogP contribution < -0.4 is 5.73 Å². The Labute approximate surface area is 186 Å². The first-order valence-electron chi connectivity index (χ1n) is 11.4. The second-order valence-corrected chi connectivity index (χ2v) is 8.04. The van der Waals surface area contributed by atoms with Crippen molar-refractivity contribution in [3.05, 3.63) is 54.0 Å². The summed E-state index contributed by atoms with van der Waals surface area (Å²) >= 11 is 0. The largest absolute Gasteiger partial charge is 0.493 e. The first kappa shape index (κ1) is 25.2. The lowest BCUT2D eigenvalue weighted by atomic mass is 9.77. The molecule has 1 amide bonds. The predicted octanol–water partition coefficient (Wildman–Crippen LogP) is 3.10. The van der Waals surface area contributed by atoms with Crippen molar-refractivity contribution in [1.82, 2.24) is 4.90 Å². The summed E-state index contributed by atoms with van der Waals surface area (Å²) in [6.45, 7) is 10.9. The molecule has 3 rings (SSSR count). The maximum atomic E-state index is 13.3. The molecule has 6 heteroatoms. The monoisotopic (exact) mass is 430 g/mol. The number of hydrogen-bond acceptors (Lipinski definition) is 5. The van der Waals surface area contributed by atoms with Gasteiger partial charge in [0.05, 0.1) is 36.4 Å². The summed E-state index contributed by atoms with van der Waals surface area (Å²) in [6, 6.07) is 0. The van der Waals surface area contributed by atoms with Crippen LogP contribution in [-0.4, -0.2) is 61.0 Å². The molecule has 2 heterocycles. The molecule has 2 saturated heterocycles. The zero-order valence-electron chi connectivity index (χ0n) is 19.0. The molecule has 0 aromatic rings. The van der Waals surface area contributed by atoms with Gasteiger partial charge in [-0.05, 0) is 49.5 Å². The zero-order chi connectivity index (χ0) is 22.6. The molecule has 0 aromatic heterocycles. The third-order valence-electron chi connectivity index (χ3n) is 5.68. The van der Waals surface area contributed by atoms with Crippen LogP contribution in [0.15, 0.2) is 54.0 Å². The quantitative estimate of drug-likeness (QED) is 0.411. The number of fused-ring (bicyclic) bond motifs is 2. The molecule has 4 atom stereocenters. The van der Waals surface area contributed by atoms with E-state index in [1.807, 2.05) is 35.3 Å². The van der Waals surface area contributed by atoms with Crippen molar-refractivity contribution >= 4 is 5.91 Å². The molecule has 31 heavy (non-hydrogen) atoms.